The second-order valence-corrected chi connectivity index (χ2v) is 21.8. The fourth-order valence-corrected chi connectivity index (χ4v) is 13.8. The van der Waals surface area contributed by atoms with Crippen molar-refractivity contribution in [2.75, 3.05) is 10.2 Å². The molecule has 3 aliphatic rings. The Bertz CT molecular complexity index is 4910. The lowest BCUT2D eigenvalue weighted by molar-refractivity contribution is 0.604. The Labute approximate surface area is 494 Å². The molecule has 1 N–H and O–H groups in total. The first-order valence-electron chi connectivity index (χ1n) is 29.1. The van der Waals surface area contributed by atoms with Crippen molar-refractivity contribution < 1.29 is 13.3 Å². The molecule has 16 rings (SSSR count). The van der Waals surface area contributed by atoms with Crippen LogP contribution in [-0.2, 0) is 5.41 Å². The smallest absolute Gasteiger partial charge is 0.159 e. The molecule has 0 aliphatic heterocycles. The maximum Gasteiger partial charge on any atom is 0.159 e. The highest BCUT2D eigenvalue weighted by Gasteiger charge is 2.55. The molecule has 1 unspecified atom stereocenters. The Morgan fingerprint density at radius 2 is 1.14 bits per heavy atom. The Balaban J connectivity index is 0.000000459. The van der Waals surface area contributed by atoms with Crippen molar-refractivity contribution in [2.45, 2.75) is 24.8 Å². The number of benzene rings is 10. The van der Waals surface area contributed by atoms with E-state index in [1.165, 1.54) is 50.1 Å². The molecule has 1 atom stereocenters. The predicted molar refractivity (Wildman–Crippen MR) is 357 cm³/mol. The van der Waals surface area contributed by atoms with Gasteiger partial charge in [0.1, 0.15) is 16.9 Å². The van der Waals surface area contributed by atoms with Crippen molar-refractivity contribution in [3.63, 3.8) is 0 Å². The summed E-state index contributed by atoms with van der Waals surface area (Å²) in [6.45, 7) is 9.76. The first-order chi connectivity index (χ1) is 42.1. The summed E-state index contributed by atoms with van der Waals surface area (Å²) in [5.74, 6) is 0.776. The summed E-state index contributed by atoms with van der Waals surface area (Å²) in [6.07, 6.45) is 21.1. The zero-order valence-corrected chi connectivity index (χ0v) is 47.0. The minimum atomic E-state index is -0.661. The number of anilines is 4. The highest BCUT2D eigenvalue weighted by Crippen LogP contribution is 2.66. The van der Waals surface area contributed by atoms with Crippen LogP contribution in [0.4, 0.5) is 22.7 Å². The van der Waals surface area contributed by atoms with Gasteiger partial charge in [0.05, 0.1) is 28.5 Å². The number of nitrogens with zero attached hydrogens (tertiary/aromatic N) is 1. The van der Waals surface area contributed by atoms with Crippen molar-refractivity contribution in [2.24, 2.45) is 0 Å². The van der Waals surface area contributed by atoms with Crippen LogP contribution in [-0.4, -0.2) is 6.04 Å². The molecule has 3 aromatic heterocycles. The van der Waals surface area contributed by atoms with Gasteiger partial charge in [0.25, 0.3) is 0 Å². The summed E-state index contributed by atoms with van der Waals surface area (Å²) in [5, 5.41) is 9.31. The summed E-state index contributed by atoms with van der Waals surface area (Å²) < 4.78 is 20.7. The minimum Gasteiger partial charge on any atom is -0.454 e. The van der Waals surface area contributed by atoms with E-state index >= 15 is 0 Å². The Hall–Kier alpha value is -10.9. The van der Waals surface area contributed by atoms with E-state index in [0.717, 1.165) is 100 Å². The van der Waals surface area contributed by atoms with Crippen LogP contribution in [0.15, 0.2) is 299 Å². The Morgan fingerprint density at radius 1 is 0.518 bits per heavy atom. The number of fused-ring (bicyclic) bond motifs is 17. The number of para-hydroxylation sites is 5. The van der Waals surface area contributed by atoms with Crippen molar-refractivity contribution in [1.29, 1.82) is 0 Å². The minimum absolute atomic E-state index is 0.135. The van der Waals surface area contributed by atoms with Crippen molar-refractivity contribution >= 4 is 101 Å². The highest BCUT2D eigenvalue weighted by atomic mass is 16.3. The molecule has 3 aliphatic carbocycles. The maximum atomic E-state index is 7.06. The number of allylic oxidation sites excluding steroid dienone is 7. The van der Waals surface area contributed by atoms with Gasteiger partial charge in [0.15, 0.2) is 16.7 Å². The van der Waals surface area contributed by atoms with E-state index in [1.54, 1.807) is 6.08 Å². The van der Waals surface area contributed by atoms with Gasteiger partial charge in [-0.2, -0.15) is 0 Å². The average Bonchev–Trinajstić information content (AvgIpc) is 1.76. The van der Waals surface area contributed by atoms with Gasteiger partial charge in [0, 0.05) is 43.7 Å². The largest absolute Gasteiger partial charge is 0.454 e. The Kier molecular flexibility index (Phi) is 12.7. The molecule has 5 heteroatoms. The second kappa shape index (κ2) is 21.1. The van der Waals surface area contributed by atoms with Gasteiger partial charge in [-0.3, -0.25) is 0 Å². The van der Waals surface area contributed by atoms with E-state index in [4.69, 9.17) is 13.3 Å². The quantitative estimate of drug-likeness (QED) is 0.131. The number of hydrogen-bond donors (Lipinski definition) is 1. The molecule has 85 heavy (non-hydrogen) atoms. The van der Waals surface area contributed by atoms with Gasteiger partial charge < -0.3 is 23.5 Å². The van der Waals surface area contributed by atoms with Gasteiger partial charge in [0.2, 0.25) is 0 Å². The monoisotopic (exact) mass is 1090 g/mol. The Morgan fingerprint density at radius 3 is 1.89 bits per heavy atom. The van der Waals surface area contributed by atoms with Crippen LogP contribution in [0, 0.1) is 0 Å². The average molecular weight is 1100 g/mol. The fourth-order valence-electron chi connectivity index (χ4n) is 13.8. The number of nitrogens with one attached hydrogen (secondary N) is 1. The molecule has 0 radical (unpaired) electrons. The van der Waals surface area contributed by atoms with E-state index in [1.807, 2.05) is 61.6 Å². The second-order valence-electron chi connectivity index (χ2n) is 21.8. The fraction of sp³-hybridized carbons (Fsp3) is 0.0500. The van der Waals surface area contributed by atoms with Gasteiger partial charge in [-0.05, 0) is 111 Å². The summed E-state index contributed by atoms with van der Waals surface area (Å²) in [6, 6.07) is 80.0. The molecule has 0 amide bonds. The normalized spacial score (nSPS) is 14.7. The predicted octanol–water partition coefficient (Wildman–Crippen LogP) is 22.0. The third kappa shape index (κ3) is 8.22. The SMILES string of the molecule is C=C/C=C\C=C/c1ccccc1.C=Cc1c(/C=C\C)oc2c(Nc3cc4c(c5c3oc3ccccc35)C3=C(CC(N(c5ccccc5-c5ccccc5)c5cccc6c5oc5ccccc56)C=C3)C43c4ccccc4-c4ccccc43)cccc12. The summed E-state index contributed by atoms with van der Waals surface area (Å²) in [7, 11) is 0. The molecule has 13 aromatic rings. The van der Waals surface area contributed by atoms with Crippen LogP contribution < -0.4 is 10.2 Å². The van der Waals surface area contributed by atoms with Crippen molar-refractivity contribution in [1.82, 2.24) is 0 Å². The molecule has 0 saturated heterocycles. The standard InChI is InChI=1S/C68H46N2O3.C12H12/c1-3-20-60-43(4-2)48-28-18-32-56(65(48)71-60)69-57-40-55-63(64-51-27-12-17-36-62(51)73-67(57)64)50-38-37-42(39-54(50)68(55)52-30-13-8-24-45(52)46-25-9-14-31-53(46)68)70(58-33-15-10-23-44(58)41-21-6-5-7-22-41)59-34-19-29-49-47-26-11-16-35-61(47)72-66(49)59;1-2-3-4-6-9-12-10-7-5-8-11-12/h3-38,40,42,69H,2,39H2,1H3;2-11H,1H2/b20-3-;4-3-,9-6-. The van der Waals surface area contributed by atoms with Crippen LogP contribution in [0.1, 0.15) is 52.5 Å². The highest BCUT2D eigenvalue weighted by molar-refractivity contribution is 6.19. The molecule has 5 nitrogen and oxygen atoms in total. The number of hydrogen-bond acceptors (Lipinski definition) is 5. The van der Waals surface area contributed by atoms with Crippen LogP contribution in [0.3, 0.4) is 0 Å². The van der Waals surface area contributed by atoms with Crippen LogP contribution >= 0.6 is 0 Å². The molecule has 10 aromatic carbocycles. The molecule has 0 fully saturated rings. The maximum absolute atomic E-state index is 7.06. The summed E-state index contributed by atoms with van der Waals surface area (Å²) in [5.41, 5.74) is 21.9. The third-order valence-corrected chi connectivity index (χ3v) is 17.2. The van der Waals surface area contributed by atoms with E-state index in [-0.39, 0.29) is 6.04 Å². The number of rotatable bonds is 11. The summed E-state index contributed by atoms with van der Waals surface area (Å²) >= 11 is 0. The first-order valence-corrected chi connectivity index (χ1v) is 29.1. The molecule has 1 spiro atoms. The van der Waals surface area contributed by atoms with Crippen molar-refractivity contribution in [3.05, 3.63) is 325 Å². The van der Waals surface area contributed by atoms with Gasteiger partial charge in [-0.1, -0.05) is 256 Å². The van der Waals surface area contributed by atoms with E-state index in [9.17, 15) is 0 Å². The zero-order valence-electron chi connectivity index (χ0n) is 47.0. The van der Waals surface area contributed by atoms with Gasteiger partial charge in [-0.25, -0.2) is 0 Å². The zero-order chi connectivity index (χ0) is 57.0. The topological polar surface area (TPSA) is 54.7 Å². The first kappa shape index (κ1) is 51.0. The molecule has 3 heterocycles. The van der Waals surface area contributed by atoms with Crippen LogP contribution in [0.5, 0.6) is 0 Å². The lowest BCUT2D eigenvalue weighted by Gasteiger charge is -2.39. The molecule has 0 saturated carbocycles. The van der Waals surface area contributed by atoms with Crippen LogP contribution in [0.25, 0.3) is 101 Å². The van der Waals surface area contributed by atoms with E-state index in [2.05, 4.69) is 248 Å². The van der Waals surface area contributed by atoms with Gasteiger partial charge in [-0.15, -0.1) is 0 Å². The molecular formula is C80H58N2O3. The molecular weight excluding hydrogens is 1040 g/mol. The van der Waals surface area contributed by atoms with E-state index < -0.39 is 5.41 Å². The van der Waals surface area contributed by atoms with Crippen LogP contribution in [0.2, 0.25) is 0 Å². The molecule has 0 bridgehead atoms. The van der Waals surface area contributed by atoms with Gasteiger partial charge >= 0.3 is 0 Å². The van der Waals surface area contributed by atoms with Crippen molar-refractivity contribution in [3.8, 4) is 22.3 Å². The summed E-state index contributed by atoms with van der Waals surface area (Å²) in [4.78, 5) is 2.55. The lowest BCUT2D eigenvalue weighted by atomic mass is 9.67. The molecule has 406 valence electrons. The number of furan rings is 3. The lowest BCUT2D eigenvalue weighted by Crippen LogP contribution is -2.36. The van der Waals surface area contributed by atoms with E-state index in [0.29, 0.717) is 6.42 Å². The third-order valence-electron chi connectivity index (χ3n) is 17.2.